The largest absolute Gasteiger partial charge is 0.494 e. The lowest BCUT2D eigenvalue weighted by Crippen LogP contribution is -2.43. The van der Waals surface area contributed by atoms with Gasteiger partial charge in [0.15, 0.2) is 0 Å². The van der Waals surface area contributed by atoms with Crippen molar-refractivity contribution in [3.05, 3.63) is 29.1 Å². The van der Waals surface area contributed by atoms with Crippen molar-refractivity contribution in [1.29, 1.82) is 0 Å². The third-order valence-electron chi connectivity index (χ3n) is 5.83. The van der Waals surface area contributed by atoms with Gasteiger partial charge >= 0.3 is 7.12 Å². The highest BCUT2D eigenvalue weighted by Crippen LogP contribution is 2.36. The van der Waals surface area contributed by atoms with Gasteiger partial charge in [0, 0.05) is 25.9 Å². The van der Waals surface area contributed by atoms with Gasteiger partial charge in [-0.15, -0.1) is 0 Å². The molecular weight excluding hydrogens is 358 g/mol. The zero-order chi connectivity index (χ0) is 20.2. The molecular formula is C19H25BF3NO3. The third kappa shape index (κ3) is 3.74. The van der Waals surface area contributed by atoms with Crippen LogP contribution in [0.3, 0.4) is 0 Å². The first-order chi connectivity index (χ1) is 12.3. The second-order valence-electron chi connectivity index (χ2n) is 8.43. The number of carbonyl (C=O) groups excluding carboxylic acids is 1. The quantitative estimate of drug-likeness (QED) is 0.736. The van der Waals surface area contributed by atoms with Crippen LogP contribution in [0.4, 0.5) is 13.2 Å². The highest BCUT2D eigenvalue weighted by Gasteiger charge is 2.52. The van der Waals surface area contributed by atoms with Gasteiger partial charge < -0.3 is 14.2 Å². The number of alkyl halides is 2. The number of likely N-dealkylation sites (tertiary alicyclic amines) is 1. The summed E-state index contributed by atoms with van der Waals surface area (Å²) in [6.45, 7) is 9.08. The summed E-state index contributed by atoms with van der Waals surface area (Å²) in [7, 11) is -0.735. The molecule has 0 bridgehead atoms. The molecule has 0 saturated carbocycles. The molecule has 2 saturated heterocycles. The monoisotopic (exact) mass is 383 g/mol. The van der Waals surface area contributed by atoms with Gasteiger partial charge in [0.25, 0.3) is 11.8 Å². The fourth-order valence-corrected chi connectivity index (χ4v) is 3.35. The average molecular weight is 383 g/mol. The Morgan fingerprint density at radius 2 is 1.59 bits per heavy atom. The molecule has 0 aromatic heterocycles. The fraction of sp³-hybridized carbons (Fsp3) is 0.632. The van der Waals surface area contributed by atoms with Crippen LogP contribution in [0.15, 0.2) is 12.1 Å². The number of hydrogen-bond acceptors (Lipinski definition) is 3. The summed E-state index contributed by atoms with van der Waals surface area (Å²) in [5, 5.41) is 0. The fourth-order valence-electron chi connectivity index (χ4n) is 3.35. The molecule has 8 heteroatoms. The molecule has 2 aliphatic heterocycles. The van der Waals surface area contributed by atoms with E-state index in [9.17, 15) is 18.0 Å². The number of piperidine rings is 1. The number of nitrogens with zero attached hydrogens (tertiary/aromatic N) is 1. The number of hydrogen-bond donors (Lipinski definition) is 0. The predicted molar refractivity (Wildman–Crippen MR) is 96.9 cm³/mol. The SMILES string of the molecule is Cc1cc(B2OC(C)(C)C(C)(C)O2)cc(F)c1C(=O)N1CCC(F)(F)CC1. The zero-order valence-corrected chi connectivity index (χ0v) is 16.4. The van der Waals surface area contributed by atoms with Crippen molar-refractivity contribution >= 4 is 18.5 Å². The molecule has 1 aromatic carbocycles. The van der Waals surface area contributed by atoms with Crippen molar-refractivity contribution in [2.24, 2.45) is 0 Å². The Morgan fingerprint density at radius 1 is 1.07 bits per heavy atom. The second-order valence-corrected chi connectivity index (χ2v) is 8.43. The molecule has 3 rings (SSSR count). The Morgan fingerprint density at radius 3 is 2.07 bits per heavy atom. The first-order valence-corrected chi connectivity index (χ1v) is 9.16. The minimum absolute atomic E-state index is 0.0797. The number of aryl methyl sites for hydroxylation is 1. The van der Waals surface area contributed by atoms with Crippen LogP contribution in [0.25, 0.3) is 0 Å². The summed E-state index contributed by atoms with van der Waals surface area (Å²) in [6, 6.07) is 2.90. The number of benzene rings is 1. The van der Waals surface area contributed by atoms with Crippen LogP contribution in [0.5, 0.6) is 0 Å². The lowest BCUT2D eigenvalue weighted by molar-refractivity contribution is -0.0494. The Hall–Kier alpha value is -1.54. The van der Waals surface area contributed by atoms with Gasteiger partial charge in [-0.2, -0.15) is 0 Å². The lowest BCUT2D eigenvalue weighted by Gasteiger charge is -2.32. The van der Waals surface area contributed by atoms with Crippen LogP contribution in [-0.2, 0) is 9.31 Å². The van der Waals surface area contributed by atoms with Crippen LogP contribution < -0.4 is 5.46 Å². The molecule has 1 aromatic rings. The van der Waals surface area contributed by atoms with Crippen LogP contribution in [0.1, 0.15) is 56.5 Å². The van der Waals surface area contributed by atoms with E-state index < -0.39 is 48.8 Å². The maximum Gasteiger partial charge on any atom is 0.494 e. The normalized spacial score (nSPS) is 23.6. The summed E-state index contributed by atoms with van der Waals surface area (Å²) in [4.78, 5) is 14.0. The van der Waals surface area contributed by atoms with Crippen molar-refractivity contribution in [3.8, 4) is 0 Å². The van der Waals surface area contributed by atoms with Crippen molar-refractivity contribution in [3.63, 3.8) is 0 Å². The highest BCUT2D eigenvalue weighted by atomic mass is 19.3. The molecule has 27 heavy (non-hydrogen) atoms. The molecule has 0 spiro atoms. The van der Waals surface area contributed by atoms with E-state index in [-0.39, 0.29) is 18.7 Å². The summed E-state index contributed by atoms with van der Waals surface area (Å²) < 4.78 is 53.3. The Labute approximate surface area is 158 Å². The highest BCUT2D eigenvalue weighted by molar-refractivity contribution is 6.62. The molecule has 0 N–H and O–H groups in total. The summed E-state index contributed by atoms with van der Waals surface area (Å²) in [5.41, 5.74) is -0.279. The smallest absolute Gasteiger partial charge is 0.399 e. The van der Waals surface area contributed by atoms with E-state index in [2.05, 4.69) is 0 Å². The first kappa shape index (κ1) is 20.2. The minimum atomic E-state index is -2.76. The number of rotatable bonds is 2. The molecule has 1 amide bonds. The first-order valence-electron chi connectivity index (χ1n) is 9.16. The second kappa shape index (κ2) is 6.52. The van der Waals surface area contributed by atoms with Crippen molar-refractivity contribution in [2.75, 3.05) is 13.1 Å². The van der Waals surface area contributed by atoms with Gasteiger partial charge in [0.05, 0.1) is 16.8 Å². The lowest BCUT2D eigenvalue weighted by atomic mass is 9.77. The van der Waals surface area contributed by atoms with Crippen LogP contribution >= 0.6 is 0 Å². The van der Waals surface area contributed by atoms with Crippen LogP contribution in [0, 0.1) is 12.7 Å². The number of amides is 1. The van der Waals surface area contributed by atoms with Gasteiger partial charge in [-0.05, 0) is 51.7 Å². The van der Waals surface area contributed by atoms with E-state index >= 15 is 0 Å². The predicted octanol–water partition coefficient (Wildman–Crippen LogP) is 3.30. The zero-order valence-electron chi connectivity index (χ0n) is 16.4. The Balaban J connectivity index is 1.83. The van der Waals surface area contributed by atoms with E-state index in [0.29, 0.717) is 11.0 Å². The van der Waals surface area contributed by atoms with Gasteiger partial charge in [-0.3, -0.25) is 4.79 Å². The topological polar surface area (TPSA) is 38.8 Å². The summed E-state index contributed by atoms with van der Waals surface area (Å²) in [6.07, 6.45) is -0.795. The standard InChI is InChI=1S/C19H25BF3NO3/c1-12-10-13(20-26-17(2,3)18(4,5)27-20)11-14(21)15(12)16(25)24-8-6-19(22,23)7-9-24/h10-11H,6-9H2,1-5H3. The Bertz CT molecular complexity index is 718. The van der Waals surface area contributed by atoms with E-state index in [1.54, 1.807) is 13.0 Å². The minimum Gasteiger partial charge on any atom is -0.399 e. The molecule has 4 nitrogen and oxygen atoms in total. The molecule has 0 unspecified atom stereocenters. The molecule has 2 aliphatic rings. The van der Waals surface area contributed by atoms with Crippen molar-refractivity contribution in [2.45, 2.75) is 64.6 Å². The third-order valence-corrected chi connectivity index (χ3v) is 5.83. The molecule has 2 fully saturated rings. The molecule has 0 atom stereocenters. The molecule has 0 radical (unpaired) electrons. The van der Waals surface area contributed by atoms with E-state index in [0.717, 1.165) is 0 Å². The summed E-state index contributed by atoms with van der Waals surface area (Å²) >= 11 is 0. The molecule has 2 heterocycles. The average Bonchev–Trinajstić information content (AvgIpc) is 2.74. The van der Waals surface area contributed by atoms with E-state index in [1.807, 2.05) is 27.7 Å². The van der Waals surface area contributed by atoms with Crippen molar-refractivity contribution < 1.29 is 27.3 Å². The number of halogens is 3. The molecule has 148 valence electrons. The van der Waals surface area contributed by atoms with Crippen molar-refractivity contribution in [1.82, 2.24) is 4.90 Å². The maximum absolute atomic E-state index is 14.8. The van der Waals surface area contributed by atoms with Crippen LogP contribution in [-0.4, -0.2) is 48.1 Å². The van der Waals surface area contributed by atoms with E-state index in [1.165, 1.54) is 11.0 Å². The van der Waals surface area contributed by atoms with Crippen LogP contribution in [0.2, 0.25) is 0 Å². The Kier molecular flexibility index (Phi) is 4.88. The van der Waals surface area contributed by atoms with Gasteiger partial charge in [0.1, 0.15) is 5.82 Å². The molecule has 0 aliphatic carbocycles. The van der Waals surface area contributed by atoms with Gasteiger partial charge in [-0.25, -0.2) is 13.2 Å². The van der Waals surface area contributed by atoms with Gasteiger partial charge in [-0.1, -0.05) is 6.07 Å². The number of carbonyl (C=O) groups is 1. The summed E-state index contributed by atoms with van der Waals surface area (Å²) in [5.74, 6) is -4.01. The van der Waals surface area contributed by atoms with Gasteiger partial charge in [0.2, 0.25) is 0 Å². The maximum atomic E-state index is 14.8. The van der Waals surface area contributed by atoms with E-state index in [4.69, 9.17) is 9.31 Å².